The number of hydrogen-bond acceptors (Lipinski definition) is 5. The second-order valence-corrected chi connectivity index (χ2v) is 5.57. The van der Waals surface area contributed by atoms with E-state index in [1.807, 2.05) is 13.0 Å². The number of amides is 1. The molecule has 7 nitrogen and oxygen atoms in total. The second-order valence-electron chi connectivity index (χ2n) is 5.57. The molecule has 2 heterocycles. The maximum Gasteiger partial charge on any atom is 0.254 e. The number of carbonyl (C=O) groups is 1. The lowest BCUT2D eigenvalue weighted by molar-refractivity contribution is 0.0950. The minimum Gasteiger partial charge on any atom is -0.368 e. The summed E-state index contributed by atoms with van der Waals surface area (Å²) in [5, 5.41) is 9.63. The number of carbonyl (C=O) groups excluding carboxylic acids is 1. The Labute approximate surface area is 152 Å². The number of anilines is 1. The van der Waals surface area contributed by atoms with Crippen LogP contribution in [0.2, 0.25) is 0 Å². The van der Waals surface area contributed by atoms with E-state index in [1.165, 1.54) is 6.33 Å². The number of rotatable bonds is 6. The summed E-state index contributed by atoms with van der Waals surface area (Å²) in [5.41, 5.74) is 0.280. The molecule has 0 atom stereocenters. The van der Waals surface area contributed by atoms with E-state index in [2.05, 4.69) is 25.7 Å². The van der Waals surface area contributed by atoms with Crippen molar-refractivity contribution < 1.29 is 18.0 Å². The smallest absolute Gasteiger partial charge is 0.254 e. The van der Waals surface area contributed by atoms with Gasteiger partial charge in [-0.15, -0.1) is 0 Å². The van der Waals surface area contributed by atoms with Gasteiger partial charge < -0.3 is 10.6 Å². The van der Waals surface area contributed by atoms with Crippen molar-refractivity contribution in [3.05, 3.63) is 65.5 Å². The van der Waals surface area contributed by atoms with E-state index >= 15 is 0 Å². The van der Waals surface area contributed by atoms with Gasteiger partial charge >= 0.3 is 0 Å². The highest BCUT2D eigenvalue weighted by Gasteiger charge is 2.18. The van der Waals surface area contributed by atoms with Crippen molar-refractivity contribution in [2.75, 3.05) is 18.4 Å². The highest BCUT2D eigenvalue weighted by Crippen LogP contribution is 2.15. The van der Waals surface area contributed by atoms with Crippen LogP contribution in [0.15, 0.2) is 36.8 Å². The predicted octanol–water partition coefficient (Wildman–Crippen LogP) is 2.23. The van der Waals surface area contributed by atoms with Crippen LogP contribution in [-0.2, 0) is 0 Å². The minimum absolute atomic E-state index is 0.109. The molecule has 2 N–H and O–H groups in total. The summed E-state index contributed by atoms with van der Waals surface area (Å²) in [6.07, 6.45) is 3.13. The number of nitrogens with zero attached hydrogens (tertiary/aromatic N) is 4. The maximum absolute atomic E-state index is 13.6. The quantitative estimate of drug-likeness (QED) is 0.509. The van der Waals surface area contributed by atoms with Crippen LogP contribution in [0.25, 0.3) is 5.82 Å². The monoisotopic (exact) mass is 376 g/mol. The maximum atomic E-state index is 13.6. The summed E-state index contributed by atoms with van der Waals surface area (Å²) in [7, 11) is 0. The molecule has 0 bridgehead atoms. The van der Waals surface area contributed by atoms with E-state index in [-0.39, 0.29) is 13.1 Å². The largest absolute Gasteiger partial charge is 0.368 e. The van der Waals surface area contributed by atoms with Gasteiger partial charge in [-0.05, 0) is 25.1 Å². The molecule has 1 aromatic carbocycles. The van der Waals surface area contributed by atoms with Gasteiger partial charge in [0, 0.05) is 25.4 Å². The van der Waals surface area contributed by atoms with Gasteiger partial charge in [-0.1, -0.05) is 0 Å². The predicted molar refractivity (Wildman–Crippen MR) is 91.0 cm³/mol. The Morgan fingerprint density at radius 3 is 2.67 bits per heavy atom. The van der Waals surface area contributed by atoms with Gasteiger partial charge in [-0.2, -0.15) is 5.10 Å². The summed E-state index contributed by atoms with van der Waals surface area (Å²) in [6.45, 7) is 2.23. The Hall–Kier alpha value is -3.43. The molecule has 2 aromatic heterocycles. The Kier molecular flexibility index (Phi) is 5.34. The van der Waals surface area contributed by atoms with Crippen LogP contribution in [0.5, 0.6) is 0 Å². The molecule has 0 aliphatic rings. The third kappa shape index (κ3) is 4.22. The third-order valence-electron chi connectivity index (χ3n) is 3.61. The van der Waals surface area contributed by atoms with Gasteiger partial charge in [0.25, 0.3) is 5.91 Å². The van der Waals surface area contributed by atoms with E-state index in [9.17, 15) is 18.0 Å². The summed E-state index contributed by atoms with van der Waals surface area (Å²) in [6, 6.07) is 5.09. The van der Waals surface area contributed by atoms with E-state index in [0.717, 1.165) is 11.8 Å². The first-order chi connectivity index (χ1) is 13.0. The van der Waals surface area contributed by atoms with E-state index < -0.39 is 28.9 Å². The molecule has 0 unspecified atom stereocenters. The average Bonchev–Trinajstić information content (AvgIpc) is 3.10. The van der Waals surface area contributed by atoms with Gasteiger partial charge in [-0.3, -0.25) is 4.79 Å². The van der Waals surface area contributed by atoms with E-state index in [0.29, 0.717) is 17.7 Å². The van der Waals surface area contributed by atoms with Crippen LogP contribution < -0.4 is 10.6 Å². The summed E-state index contributed by atoms with van der Waals surface area (Å²) in [5.74, 6) is -4.32. The molecule has 1 amide bonds. The number of aromatic nitrogens is 4. The highest BCUT2D eigenvalue weighted by atomic mass is 19.2. The molecule has 0 radical (unpaired) electrons. The van der Waals surface area contributed by atoms with Crippen LogP contribution >= 0.6 is 0 Å². The first-order valence-electron chi connectivity index (χ1n) is 7.96. The molecule has 3 aromatic rings. The molecule has 3 rings (SSSR count). The molecule has 10 heteroatoms. The van der Waals surface area contributed by atoms with Crippen molar-refractivity contribution >= 4 is 11.7 Å². The molecule has 0 spiro atoms. The second kappa shape index (κ2) is 7.85. The molecular weight excluding hydrogens is 361 g/mol. The fourth-order valence-corrected chi connectivity index (χ4v) is 2.27. The number of benzene rings is 1. The molecule has 140 valence electrons. The van der Waals surface area contributed by atoms with Gasteiger partial charge in [-0.25, -0.2) is 27.8 Å². The van der Waals surface area contributed by atoms with Gasteiger partial charge in [0.1, 0.15) is 12.1 Å². The van der Waals surface area contributed by atoms with Crippen LogP contribution in [0.4, 0.5) is 19.0 Å². The zero-order valence-electron chi connectivity index (χ0n) is 14.2. The van der Waals surface area contributed by atoms with E-state index in [1.54, 1.807) is 16.9 Å². The van der Waals surface area contributed by atoms with Crippen LogP contribution in [-0.4, -0.2) is 38.7 Å². The van der Waals surface area contributed by atoms with Gasteiger partial charge in [0.2, 0.25) is 0 Å². The topological polar surface area (TPSA) is 84.7 Å². The molecule has 0 aliphatic heterocycles. The number of hydrogen-bond donors (Lipinski definition) is 2. The first-order valence-corrected chi connectivity index (χ1v) is 7.96. The lowest BCUT2D eigenvalue weighted by Crippen LogP contribution is -2.29. The summed E-state index contributed by atoms with van der Waals surface area (Å²) >= 11 is 0. The van der Waals surface area contributed by atoms with E-state index in [4.69, 9.17) is 0 Å². The zero-order chi connectivity index (χ0) is 19.4. The van der Waals surface area contributed by atoms with Crippen molar-refractivity contribution in [3.8, 4) is 5.82 Å². The van der Waals surface area contributed by atoms with Crippen molar-refractivity contribution in [3.63, 3.8) is 0 Å². The minimum atomic E-state index is -1.68. The molecule has 27 heavy (non-hydrogen) atoms. The normalized spacial score (nSPS) is 10.7. The summed E-state index contributed by atoms with van der Waals surface area (Å²) < 4.78 is 41.2. The zero-order valence-corrected chi connectivity index (χ0v) is 14.2. The molecule has 0 saturated carbocycles. The lowest BCUT2D eigenvalue weighted by atomic mass is 10.2. The average molecular weight is 376 g/mol. The lowest BCUT2D eigenvalue weighted by Gasteiger charge is -2.09. The Morgan fingerprint density at radius 1 is 1.11 bits per heavy atom. The molecule has 0 saturated heterocycles. The Morgan fingerprint density at radius 2 is 1.93 bits per heavy atom. The van der Waals surface area contributed by atoms with Gasteiger partial charge in [0.05, 0.1) is 11.3 Å². The van der Waals surface area contributed by atoms with Crippen molar-refractivity contribution in [1.29, 1.82) is 0 Å². The molecular formula is C17H15F3N6O. The van der Waals surface area contributed by atoms with Crippen molar-refractivity contribution in [2.24, 2.45) is 0 Å². The standard InChI is InChI=1S/C17H15F3N6O/c1-10-4-7-26(25-10)14-8-13(23-9-24-14)21-5-6-22-17(27)11-2-3-12(18)16(20)15(11)19/h2-4,7-9H,5-6H2,1H3,(H,22,27)(H,21,23,24). The highest BCUT2D eigenvalue weighted by molar-refractivity contribution is 5.94. The fraction of sp³-hybridized carbons (Fsp3) is 0.176. The summed E-state index contributed by atoms with van der Waals surface area (Å²) in [4.78, 5) is 20.0. The number of aryl methyl sites for hydroxylation is 1. The van der Waals surface area contributed by atoms with Crippen LogP contribution in [0.1, 0.15) is 16.1 Å². The van der Waals surface area contributed by atoms with Crippen molar-refractivity contribution in [2.45, 2.75) is 6.92 Å². The first kappa shape index (κ1) is 18.4. The number of halogens is 3. The molecule has 0 fully saturated rings. The third-order valence-corrected chi connectivity index (χ3v) is 3.61. The van der Waals surface area contributed by atoms with Crippen LogP contribution in [0.3, 0.4) is 0 Å². The van der Waals surface area contributed by atoms with Crippen molar-refractivity contribution in [1.82, 2.24) is 25.1 Å². The fourth-order valence-electron chi connectivity index (χ4n) is 2.27. The Bertz CT molecular complexity index is 975. The van der Waals surface area contributed by atoms with Gasteiger partial charge in [0.15, 0.2) is 23.3 Å². The Balaban J connectivity index is 1.55. The SMILES string of the molecule is Cc1ccn(-c2cc(NCCNC(=O)c3ccc(F)c(F)c3F)ncn2)n1. The molecule has 0 aliphatic carbocycles. The van der Waals surface area contributed by atoms with Crippen LogP contribution in [0, 0.1) is 24.4 Å². The number of nitrogens with one attached hydrogen (secondary N) is 2.